The molecule has 0 fully saturated rings. The summed E-state index contributed by atoms with van der Waals surface area (Å²) in [6.45, 7) is 8.11. The van der Waals surface area contributed by atoms with Crippen LogP contribution >= 0.6 is 0 Å². The van der Waals surface area contributed by atoms with E-state index in [1.807, 2.05) is 32.9 Å². The summed E-state index contributed by atoms with van der Waals surface area (Å²) < 4.78 is 5.72. The van der Waals surface area contributed by atoms with Gasteiger partial charge in [-0.3, -0.25) is 0 Å². The Bertz CT molecular complexity index is 330. The Hall–Kier alpha value is -1.18. The second-order valence-electron chi connectivity index (χ2n) is 3.96. The average molecular weight is 208 g/mol. The molecule has 0 atom stereocenters. The van der Waals surface area contributed by atoms with Gasteiger partial charge in [-0.05, 0) is 49.9 Å². The zero-order valence-electron chi connectivity index (χ0n) is 10.0. The van der Waals surface area contributed by atoms with Gasteiger partial charge in [0.2, 0.25) is 0 Å². The molecule has 0 saturated carbocycles. The predicted molar refractivity (Wildman–Crippen MR) is 62.6 cm³/mol. The van der Waals surface area contributed by atoms with E-state index in [4.69, 9.17) is 4.74 Å². The van der Waals surface area contributed by atoms with Crippen molar-refractivity contribution in [3.63, 3.8) is 0 Å². The summed E-state index contributed by atoms with van der Waals surface area (Å²) in [5.74, 6) is 1.28. The maximum atomic E-state index is 9.73. The van der Waals surface area contributed by atoms with E-state index in [0.717, 1.165) is 29.7 Å². The van der Waals surface area contributed by atoms with E-state index in [1.54, 1.807) is 0 Å². The number of hydrogen-bond donors (Lipinski definition) is 1. The lowest BCUT2D eigenvalue weighted by Gasteiger charge is -2.15. The first kappa shape index (κ1) is 11.9. The number of phenolic OH excluding ortho intramolecular Hbond substituents is 1. The lowest BCUT2D eigenvalue weighted by molar-refractivity contribution is 0.239. The molecular weight excluding hydrogens is 188 g/mol. The third-order valence-electron chi connectivity index (χ3n) is 2.39. The molecule has 84 valence electrons. The van der Waals surface area contributed by atoms with Crippen molar-refractivity contribution in [2.45, 2.75) is 46.6 Å². The first-order valence-electron chi connectivity index (χ1n) is 5.59. The average Bonchev–Trinajstić information content (AvgIpc) is 2.19. The second kappa shape index (κ2) is 5.06. The SMILES string of the molecule is CCc1cc(OC(C)C)c(CC)cc1O. The Labute approximate surface area is 91.9 Å². The summed E-state index contributed by atoms with van der Waals surface area (Å²) in [6, 6.07) is 3.77. The summed E-state index contributed by atoms with van der Waals surface area (Å²) >= 11 is 0. The van der Waals surface area contributed by atoms with Crippen LogP contribution in [0.2, 0.25) is 0 Å². The Balaban J connectivity index is 3.10. The van der Waals surface area contributed by atoms with Crippen LogP contribution in [-0.2, 0) is 12.8 Å². The summed E-state index contributed by atoms with van der Waals surface area (Å²) in [5, 5.41) is 9.73. The summed E-state index contributed by atoms with van der Waals surface area (Å²) in [5.41, 5.74) is 2.02. The number of hydrogen-bond acceptors (Lipinski definition) is 2. The molecule has 0 aliphatic rings. The molecule has 0 bridgehead atoms. The van der Waals surface area contributed by atoms with Gasteiger partial charge in [0.1, 0.15) is 11.5 Å². The number of aromatic hydroxyl groups is 1. The highest BCUT2D eigenvalue weighted by Crippen LogP contribution is 2.29. The van der Waals surface area contributed by atoms with Crippen LogP contribution in [0.1, 0.15) is 38.8 Å². The molecule has 0 aromatic heterocycles. The molecule has 0 amide bonds. The number of rotatable bonds is 4. The number of phenols is 1. The van der Waals surface area contributed by atoms with Crippen molar-refractivity contribution in [3.05, 3.63) is 23.3 Å². The monoisotopic (exact) mass is 208 g/mol. The van der Waals surface area contributed by atoms with Crippen molar-refractivity contribution < 1.29 is 9.84 Å². The van der Waals surface area contributed by atoms with Gasteiger partial charge in [0.15, 0.2) is 0 Å². The molecule has 0 spiro atoms. The first-order valence-corrected chi connectivity index (χ1v) is 5.59. The Morgan fingerprint density at radius 1 is 1.13 bits per heavy atom. The van der Waals surface area contributed by atoms with Crippen molar-refractivity contribution in [1.82, 2.24) is 0 Å². The van der Waals surface area contributed by atoms with Crippen molar-refractivity contribution in [3.8, 4) is 11.5 Å². The minimum atomic E-state index is 0.171. The Morgan fingerprint density at radius 2 is 1.73 bits per heavy atom. The molecule has 1 aromatic carbocycles. The lowest BCUT2D eigenvalue weighted by atomic mass is 10.1. The minimum absolute atomic E-state index is 0.171. The van der Waals surface area contributed by atoms with E-state index < -0.39 is 0 Å². The van der Waals surface area contributed by atoms with E-state index in [1.165, 1.54) is 0 Å². The standard InChI is InChI=1S/C13H20O2/c1-5-10-8-13(15-9(3)4)11(6-2)7-12(10)14/h7-9,14H,5-6H2,1-4H3. The Morgan fingerprint density at radius 3 is 2.20 bits per heavy atom. The molecule has 0 aliphatic heterocycles. The number of aryl methyl sites for hydroxylation is 2. The van der Waals surface area contributed by atoms with Crippen LogP contribution in [-0.4, -0.2) is 11.2 Å². The molecule has 1 rings (SSSR count). The Kier molecular flexibility index (Phi) is 4.01. The number of ether oxygens (including phenoxy) is 1. The van der Waals surface area contributed by atoms with Gasteiger partial charge in [0.25, 0.3) is 0 Å². The molecule has 15 heavy (non-hydrogen) atoms. The quantitative estimate of drug-likeness (QED) is 0.822. The fraction of sp³-hybridized carbons (Fsp3) is 0.538. The highest BCUT2D eigenvalue weighted by molar-refractivity contribution is 5.45. The molecule has 0 saturated heterocycles. The fourth-order valence-electron chi connectivity index (χ4n) is 1.58. The maximum absolute atomic E-state index is 9.73. The zero-order chi connectivity index (χ0) is 11.4. The predicted octanol–water partition coefficient (Wildman–Crippen LogP) is 3.30. The van der Waals surface area contributed by atoms with Crippen LogP contribution in [0, 0.1) is 0 Å². The summed E-state index contributed by atoms with van der Waals surface area (Å²) in [7, 11) is 0. The molecule has 0 heterocycles. The van der Waals surface area contributed by atoms with E-state index in [-0.39, 0.29) is 6.10 Å². The van der Waals surface area contributed by atoms with Crippen LogP contribution in [0.15, 0.2) is 12.1 Å². The smallest absolute Gasteiger partial charge is 0.123 e. The van der Waals surface area contributed by atoms with E-state index in [9.17, 15) is 5.11 Å². The molecule has 1 aromatic rings. The van der Waals surface area contributed by atoms with Crippen molar-refractivity contribution in [2.75, 3.05) is 0 Å². The molecule has 2 nitrogen and oxygen atoms in total. The van der Waals surface area contributed by atoms with Crippen LogP contribution in [0.4, 0.5) is 0 Å². The summed E-state index contributed by atoms with van der Waals surface area (Å²) in [4.78, 5) is 0. The molecule has 0 radical (unpaired) electrons. The van der Waals surface area contributed by atoms with Gasteiger partial charge >= 0.3 is 0 Å². The van der Waals surface area contributed by atoms with Crippen LogP contribution < -0.4 is 4.74 Å². The van der Waals surface area contributed by atoms with Crippen molar-refractivity contribution in [2.24, 2.45) is 0 Å². The van der Waals surface area contributed by atoms with Gasteiger partial charge in [-0.1, -0.05) is 13.8 Å². The highest BCUT2D eigenvalue weighted by Gasteiger charge is 2.09. The molecule has 0 unspecified atom stereocenters. The van der Waals surface area contributed by atoms with Gasteiger partial charge in [-0.25, -0.2) is 0 Å². The van der Waals surface area contributed by atoms with Crippen LogP contribution in [0.5, 0.6) is 11.5 Å². The normalized spacial score (nSPS) is 10.7. The molecule has 1 N–H and O–H groups in total. The summed E-state index contributed by atoms with van der Waals surface area (Å²) in [6.07, 6.45) is 1.87. The molecular formula is C13H20O2. The van der Waals surface area contributed by atoms with Gasteiger partial charge in [0.05, 0.1) is 6.10 Å². The largest absolute Gasteiger partial charge is 0.508 e. The third kappa shape index (κ3) is 2.88. The van der Waals surface area contributed by atoms with Crippen molar-refractivity contribution >= 4 is 0 Å². The molecule has 2 heteroatoms. The van der Waals surface area contributed by atoms with Gasteiger partial charge < -0.3 is 9.84 Å². The zero-order valence-corrected chi connectivity index (χ0v) is 10.0. The first-order chi connectivity index (χ1) is 7.08. The van der Waals surface area contributed by atoms with Gasteiger partial charge in [-0.15, -0.1) is 0 Å². The van der Waals surface area contributed by atoms with Crippen molar-refractivity contribution in [1.29, 1.82) is 0 Å². The third-order valence-corrected chi connectivity index (χ3v) is 2.39. The lowest BCUT2D eigenvalue weighted by Crippen LogP contribution is -2.07. The second-order valence-corrected chi connectivity index (χ2v) is 3.96. The maximum Gasteiger partial charge on any atom is 0.123 e. The van der Waals surface area contributed by atoms with Gasteiger partial charge in [0, 0.05) is 0 Å². The van der Waals surface area contributed by atoms with Gasteiger partial charge in [-0.2, -0.15) is 0 Å². The fourth-order valence-corrected chi connectivity index (χ4v) is 1.58. The van der Waals surface area contributed by atoms with E-state index >= 15 is 0 Å². The van der Waals surface area contributed by atoms with Crippen LogP contribution in [0.25, 0.3) is 0 Å². The van der Waals surface area contributed by atoms with E-state index in [2.05, 4.69) is 6.92 Å². The molecule has 0 aliphatic carbocycles. The van der Waals surface area contributed by atoms with E-state index in [0.29, 0.717) is 5.75 Å². The minimum Gasteiger partial charge on any atom is -0.508 e. The highest BCUT2D eigenvalue weighted by atomic mass is 16.5. The number of benzene rings is 1. The topological polar surface area (TPSA) is 29.5 Å². The van der Waals surface area contributed by atoms with Crippen LogP contribution in [0.3, 0.4) is 0 Å².